The van der Waals surface area contributed by atoms with Gasteiger partial charge in [-0.3, -0.25) is 0 Å². The lowest BCUT2D eigenvalue weighted by molar-refractivity contribution is 0.510. The van der Waals surface area contributed by atoms with Crippen molar-refractivity contribution < 1.29 is 9.52 Å². The summed E-state index contributed by atoms with van der Waals surface area (Å²) in [5, 5.41) is 8.06. The highest BCUT2D eigenvalue weighted by molar-refractivity contribution is 5.07. The first kappa shape index (κ1) is 5.77. The number of hydrogen-bond donors (Lipinski definition) is 1. The molecule has 0 amide bonds. The lowest BCUT2D eigenvalue weighted by Crippen LogP contribution is -1.72. The number of aliphatic hydroxyl groups is 1. The number of hydrogen-bond acceptors (Lipinski definition) is 2. The summed E-state index contributed by atoms with van der Waals surface area (Å²) in [6.45, 7) is 0. The molecule has 1 rings (SSSR count). The van der Waals surface area contributed by atoms with E-state index in [4.69, 9.17) is 9.52 Å². The van der Waals surface area contributed by atoms with Crippen LogP contribution in [0.5, 0.6) is 0 Å². The Hall–Kier alpha value is -1.36. The highest BCUT2D eigenvalue weighted by Gasteiger charge is 1.88. The maximum absolute atomic E-state index is 8.06. The van der Waals surface area contributed by atoms with E-state index in [2.05, 4.69) is 5.92 Å². The van der Waals surface area contributed by atoms with Crippen LogP contribution >= 0.6 is 0 Å². The molecular formula is C7H6O2. The molecule has 0 radical (unpaired) electrons. The van der Waals surface area contributed by atoms with E-state index in [1.807, 2.05) is 6.07 Å². The fourth-order valence-corrected chi connectivity index (χ4v) is 0.540. The van der Waals surface area contributed by atoms with Crippen LogP contribution in [0.3, 0.4) is 0 Å². The summed E-state index contributed by atoms with van der Waals surface area (Å²) < 4.78 is 4.92. The fraction of sp³-hybridized carbons (Fsp3) is 0.143. The summed E-state index contributed by atoms with van der Waals surface area (Å²) in [5.74, 6) is 3.24. The molecule has 0 spiro atoms. The van der Waals surface area contributed by atoms with Gasteiger partial charge in [-0.2, -0.15) is 0 Å². The Bertz CT molecular complexity index is 213. The van der Waals surface area contributed by atoms with E-state index in [-0.39, 0.29) is 0 Å². The molecule has 2 nitrogen and oxygen atoms in total. The molecule has 0 aromatic carbocycles. The van der Waals surface area contributed by atoms with Crippen molar-refractivity contribution in [3.05, 3.63) is 24.2 Å². The molecule has 1 N–H and O–H groups in total. The highest BCUT2D eigenvalue weighted by atomic mass is 16.3. The second-order valence-corrected chi connectivity index (χ2v) is 1.54. The highest BCUT2D eigenvalue weighted by Crippen LogP contribution is 1.98. The van der Waals surface area contributed by atoms with E-state index >= 15 is 0 Å². The summed E-state index contributed by atoms with van der Waals surface area (Å²) >= 11 is 0. The molecule has 0 saturated carbocycles. The maximum Gasteiger partial charge on any atom is 0.115 e. The molecule has 0 aliphatic carbocycles. The van der Waals surface area contributed by atoms with Crippen molar-refractivity contribution in [2.24, 2.45) is 0 Å². The van der Waals surface area contributed by atoms with Crippen molar-refractivity contribution in [2.45, 2.75) is 6.42 Å². The minimum atomic E-state index is 0.476. The molecule has 0 aliphatic heterocycles. The predicted molar refractivity (Wildman–Crippen MR) is 32.1 cm³/mol. The smallest absolute Gasteiger partial charge is 0.115 e. The van der Waals surface area contributed by atoms with Crippen LogP contribution in [-0.4, -0.2) is 5.11 Å². The van der Waals surface area contributed by atoms with Gasteiger partial charge in [0.25, 0.3) is 0 Å². The Morgan fingerprint density at radius 3 is 3.11 bits per heavy atom. The molecule has 0 atom stereocenters. The maximum atomic E-state index is 8.06. The Morgan fingerprint density at radius 1 is 1.67 bits per heavy atom. The molecule has 9 heavy (non-hydrogen) atoms. The third-order valence-corrected chi connectivity index (χ3v) is 0.922. The first-order valence-corrected chi connectivity index (χ1v) is 2.58. The largest absolute Gasteiger partial charge is 0.468 e. The standard InChI is InChI=1S/C7H6O2/c8-5-1-3-7-4-2-6-9-7/h2,4,6,8H,3H2. The molecule has 0 bridgehead atoms. The first-order chi connectivity index (χ1) is 4.43. The van der Waals surface area contributed by atoms with E-state index in [1.165, 1.54) is 0 Å². The first-order valence-electron chi connectivity index (χ1n) is 2.58. The second-order valence-electron chi connectivity index (χ2n) is 1.54. The van der Waals surface area contributed by atoms with Crippen LogP contribution in [0.1, 0.15) is 5.76 Å². The summed E-state index contributed by atoms with van der Waals surface area (Å²) in [4.78, 5) is 0. The van der Waals surface area contributed by atoms with Crippen molar-refractivity contribution in [3.8, 4) is 12.0 Å². The van der Waals surface area contributed by atoms with Crippen molar-refractivity contribution in [3.63, 3.8) is 0 Å². The average Bonchev–Trinajstić information content (AvgIpc) is 2.34. The molecule has 0 unspecified atom stereocenters. The summed E-state index contributed by atoms with van der Waals surface area (Å²) in [7, 11) is 0. The van der Waals surface area contributed by atoms with Crippen molar-refractivity contribution in [1.29, 1.82) is 0 Å². The topological polar surface area (TPSA) is 33.4 Å². The van der Waals surface area contributed by atoms with Crippen LogP contribution in [0.2, 0.25) is 0 Å². The minimum Gasteiger partial charge on any atom is -0.468 e. The van der Waals surface area contributed by atoms with Gasteiger partial charge in [-0.05, 0) is 12.1 Å². The van der Waals surface area contributed by atoms with Gasteiger partial charge in [0.2, 0.25) is 0 Å². The summed E-state index contributed by atoms with van der Waals surface area (Å²) in [6.07, 6.45) is 3.85. The van der Waals surface area contributed by atoms with E-state index in [0.29, 0.717) is 6.42 Å². The van der Waals surface area contributed by atoms with Crippen molar-refractivity contribution >= 4 is 0 Å². The minimum absolute atomic E-state index is 0.476. The normalized spacial score (nSPS) is 8.00. The fourth-order valence-electron chi connectivity index (χ4n) is 0.540. The van der Waals surface area contributed by atoms with Gasteiger partial charge in [0.15, 0.2) is 0 Å². The Balaban J connectivity index is 2.54. The molecule has 2 heteroatoms. The SMILES string of the molecule is OC#CCc1ccco1. The number of aliphatic hydroxyl groups excluding tert-OH is 1. The van der Waals surface area contributed by atoms with Gasteiger partial charge in [0.1, 0.15) is 11.9 Å². The van der Waals surface area contributed by atoms with Gasteiger partial charge in [0, 0.05) is 0 Å². The van der Waals surface area contributed by atoms with E-state index in [9.17, 15) is 0 Å². The average molecular weight is 122 g/mol. The Kier molecular flexibility index (Phi) is 1.81. The van der Waals surface area contributed by atoms with Crippen LogP contribution in [0.15, 0.2) is 22.8 Å². The van der Waals surface area contributed by atoms with Crippen molar-refractivity contribution in [2.75, 3.05) is 0 Å². The third kappa shape index (κ3) is 1.54. The van der Waals surface area contributed by atoms with Crippen molar-refractivity contribution in [1.82, 2.24) is 0 Å². The van der Waals surface area contributed by atoms with Gasteiger partial charge in [-0.15, -0.1) is 0 Å². The van der Waals surface area contributed by atoms with E-state index < -0.39 is 0 Å². The molecule has 0 fully saturated rings. The van der Waals surface area contributed by atoms with Gasteiger partial charge in [-0.1, -0.05) is 5.92 Å². The van der Waals surface area contributed by atoms with E-state index in [0.717, 1.165) is 5.76 Å². The zero-order chi connectivity index (χ0) is 6.53. The van der Waals surface area contributed by atoms with Gasteiger partial charge >= 0.3 is 0 Å². The molecule has 0 aliphatic rings. The van der Waals surface area contributed by atoms with Gasteiger partial charge in [-0.25, -0.2) is 0 Å². The van der Waals surface area contributed by atoms with Gasteiger partial charge in [0.05, 0.1) is 12.7 Å². The second kappa shape index (κ2) is 2.83. The van der Waals surface area contributed by atoms with Crippen LogP contribution in [0, 0.1) is 12.0 Å². The summed E-state index contributed by atoms with van der Waals surface area (Å²) in [6, 6.07) is 3.60. The molecule has 1 aromatic heterocycles. The molecule has 1 heterocycles. The lowest BCUT2D eigenvalue weighted by Gasteiger charge is -1.80. The van der Waals surface area contributed by atoms with Crippen LogP contribution in [0.25, 0.3) is 0 Å². The molecule has 0 saturated heterocycles. The number of rotatable bonds is 1. The van der Waals surface area contributed by atoms with Gasteiger partial charge < -0.3 is 9.52 Å². The van der Waals surface area contributed by atoms with Crippen LogP contribution < -0.4 is 0 Å². The quantitative estimate of drug-likeness (QED) is 0.567. The third-order valence-electron chi connectivity index (χ3n) is 0.922. The summed E-state index contributed by atoms with van der Waals surface area (Å²) in [5.41, 5.74) is 0. The molecule has 1 aromatic rings. The van der Waals surface area contributed by atoms with Crippen LogP contribution in [-0.2, 0) is 6.42 Å². The molecular weight excluding hydrogens is 116 g/mol. The zero-order valence-electron chi connectivity index (χ0n) is 4.79. The molecule has 46 valence electrons. The Morgan fingerprint density at radius 2 is 2.56 bits per heavy atom. The zero-order valence-corrected chi connectivity index (χ0v) is 4.79. The monoisotopic (exact) mass is 122 g/mol. The van der Waals surface area contributed by atoms with E-state index in [1.54, 1.807) is 18.4 Å². The lowest BCUT2D eigenvalue weighted by atomic mass is 10.3. The van der Waals surface area contributed by atoms with Crippen LogP contribution in [0.4, 0.5) is 0 Å². The number of furan rings is 1. The Labute approximate surface area is 53.1 Å². The predicted octanol–water partition coefficient (Wildman–Crippen LogP) is 1.16.